The first-order valence-electron chi connectivity index (χ1n) is 8.80. The molecule has 2 heterocycles. The standard InChI is InChI=1S/C19H26N4O2/c1-14-17(12-21-22(14)2)11-20-18-5-3-4-16(10-18)19(25)23-8-6-15(13-24)7-9-23/h3-5,10,12,15,20,24H,6-9,11,13H2,1-2H3. The number of nitrogens with one attached hydrogen (secondary N) is 1. The molecule has 1 amide bonds. The number of aliphatic hydroxyl groups is 1. The number of carbonyl (C=O) groups is 1. The second-order valence-electron chi connectivity index (χ2n) is 6.73. The Bertz CT molecular complexity index is 733. The molecule has 0 aliphatic carbocycles. The van der Waals surface area contributed by atoms with Crippen molar-refractivity contribution in [1.82, 2.24) is 14.7 Å². The van der Waals surface area contributed by atoms with Crippen molar-refractivity contribution in [3.8, 4) is 0 Å². The summed E-state index contributed by atoms with van der Waals surface area (Å²) < 4.78 is 1.85. The zero-order chi connectivity index (χ0) is 17.8. The predicted molar refractivity (Wildman–Crippen MR) is 97.4 cm³/mol. The molecule has 0 bridgehead atoms. The number of aromatic nitrogens is 2. The third-order valence-electron chi connectivity index (χ3n) is 5.09. The maximum Gasteiger partial charge on any atom is 0.253 e. The molecule has 2 N–H and O–H groups in total. The second-order valence-corrected chi connectivity index (χ2v) is 6.73. The minimum Gasteiger partial charge on any atom is -0.396 e. The quantitative estimate of drug-likeness (QED) is 0.874. The number of aliphatic hydroxyl groups excluding tert-OH is 1. The van der Waals surface area contributed by atoms with Crippen LogP contribution in [0.4, 0.5) is 5.69 Å². The van der Waals surface area contributed by atoms with E-state index in [0.29, 0.717) is 18.0 Å². The monoisotopic (exact) mass is 342 g/mol. The van der Waals surface area contributed by atoms with Crippen LogP contribution >= 0.6 is 0 Å². The van der Waals surface area contributed by atoms with E-state index in [2.05, 4.69) is 10.4 Å². The summed E-state index contributed by atoms with van der Waals surface area (Å²) in [5, 5.41) is 16.8. The molecule has 0 radical (unpaired) electrons. The fourth-order valence-corrected chi connectivity index (χ4v) is 3.18. The lowest BCUT2D eigenvalue weighted by Crippen LogP contribution is -2.39. The molecule has 3 rings (SSSR count). The van der Waals surface area contributed by atoms with Crippen molar-refractivity contribution in [1.29, 1.82) is 0 Å². The number of amides is 1. The molecule has 1 aromatic heterocycles. The Hall–Kier alpha value is -2.34. The number of hydrogen-bond donors (Lipinski definition) is 2. The van der Waals surface area contributed by atoms with Gasteiger partial charge in [0.15, 0.2) is 0 Å². The lowest BCUT2D eigenvalue weighted by atomic mass is 9.97. The SMILES string of the molecule is Cc1c(CNc2cccc(C(=O)N3CCC(CO)CC3)c2)cnn1C. The number of rotatable bonds is 5. The Balaban J connectivity index is 1.63. The molecule has 2 aromatic rings. The Morgan fingerprint density at radius 2 is 2.12 bits per heavy atom. The number of likely N-dealkylation sites (tertiary alicyclic amines) is 1. The number of piperidine rings is 1. The summed E-state index contributed by atoms with van der Waals surface area (Å²) in [6.45, 7) is 4.38. The van der Waals surface area contributed by atoms with Crippen LogP contribution in [0.3, 0.4) is 0 Å². The van der Waals surface area contributed by atoms with Gasteiger partial charge < -0.3 is 15.3 Å². The van der Waals surface area contributed by atoms with E-state index in [1.54, 1.807) is 0 Å². The Kier molecular flexibility index (Phi) is 5.38. The molecule has 1 fully saturated rings. The van der Waals surface area contributed by atoms with E-state index in [1.165, 1.54) is 0 Å². The van der Waals surface area contributed by atoms with Crippen molar-refractivity contribution in [3.63, 3.8) is 0 Å². The van der Waals surface area contributed by atoms with Gasteiger partial charge in [0.2, 0.25) is 0 Å². The first-order chi connectivity index (χ1) is 12.1. The van der Waals surface area contributed by atoms with Crippen LogP contribution in [0.5, 0.6) is 0 Å². The smallest absolute Gasteiger partial charge is 0.253 e. The highest BCUT2D eigenvalue weighted by Crippen LogP contribution is 2.20. The lowest BCUT2D eigenvalue weighted by molar-refractivity contribution is 0.0651. The van der Waals surface area contributed by atoms with Gasteiger partial charge in [-0.15, -0.1) is 0 Å². The normalized spacial score (nSPS) is 15.4. The highest BCUT2D eigenvalue weighted by Gasteiger charge is 2.23. The van der Waals surface area contributed by atoms with Gasteiger partial charge in [-0.3, -0.25) is 9.48 Å². The van der Waals surface area contributed by atoms with E-state index in [-0.39, 0.29) is 12.5 Å². The third kappa shape index (κ3) is 4.02. The van der Waals surface area contributed by atoms with Gasteiger partial charge in [0.05, 0.1) is 6.20 Å². The van der Waals surface area contributed by atoms with Crippen LogP contribution in [0.15, 0.2) is 30.5 Å². The summed E-state index contributed by atoms with van der Waals surface area (Å²) in [6.07, 6.45) is 3.61. The molecule has 6 heteroatoms. The van der Waals surface area contributed by atoms with Gasteiger partial charge in [0, 0.05) is 55.8 Å². The van der Waals surface area contributed by atoms with Crippen LogP contribution in [0, 0.1) is 12.8 Å². The third-order valence-corrected chi connectivity index (χ3v) is 5.09. The average Bonchev–Trinajstić information content (AvgIpc) is 2.98. The largest absolute Gasteiger partial charge is 0.396 e. The van der Waals surface area contributed by atoms with Crippen LogP contribution in [0.1, 0.15) is 34.5 Å². The molecule has 0 spiro atoms. The molecular weight excluding hydrogens is 316 g/mol. The van der Waals surface area contributed by atoms with Crippen molar-refractivity contribution < 1.29 is 9.90 Å². The minimum atomic E-state index is 0.0672. The number of nitrogens with zero attached hydrogens (tertiary/aromatic N) is 3. The Morgan fingerprint density at radius 1 is 1.36 bits per heavy atom. The number of anilines is 1. The average molecular weight is 342 g/mol. The number of aryl methyl sites for hydroxylation is 1. The minimum absolute atomic E-state index is 0.0672. The molecule has 1 saturated heterocycles. The van der Waals surface area contributed by atoms with Gasteiger partial charge >= 0.3 is 0 Å². The van der Waals surface area contributed by atoms with Gasteiger partial charge in [-0.05, 0) is 43.9 Å². The summed E-state index contributed by atoms with van der Waals surface area (Å²) in [6, 6.07) is 7.65. The molecule has 0 unspecified atom stereocenters. The zero-order valence-corrected chi connectivity index (χ0v) is 14.9. The van der Waals surface area contributed by atoms with E-state index in [1.807, 2.05) is 54.0 Å². The van der Waals surface area contributed by atoms with E-state index < -0.39 is 0 Å². The topological polar surface area (TPSA) is 70.4 Å². The molecule has 6 nitrogen and oxygen atoms in total. The fourth-order valence-electron chi connectivity index (χ4n) is 3.18. The fraction of sp³-hybridized carbons (Fsp3) is 0.474. The Morgan fingerprint density at radius 3 is 2.76 bits per heavy atom. The van der Waals surface area contributed by atoms with Gasteiger partial charge in [-0.25, -0.2) is 0 Å². The number of hydrogen-bond acceptors (Lipinski definition) is 4. The maximum atomic E-state index is 12.7. The highest BCUT2D eigenvalue weighted by molar-refractivity contribution is 5.95. The molecule has 0 atom stereocenters. The van der Waals surface area contributed by atoms with Crippen LogP contribution in [0.2, 0.25) is 0 Å². The first-order valence-corrected chi connectivity index (χ1v) is 8.80. The molecular formula is C19H26N4O2. The van der Waals surface area contributed by atoms with E-state index >= 15 is 0 Å². The highest BCUT2D eigenvalue weighted by atomic mass is 16.3. The number of benzene rings is 1. The predicted octanol–water partition coefficient (Wildman–Crippen LogP) is 2.19. The Labute approximate surface area is 148 Å². The first kappa shape index (κ1) is 17.5. The molecule has 1 aliphatic heterocycles. The van der Waals surface area contributed by atoms with Crippen molar-refractivity contribution in [2.45, 2.75) is 26.3 Å². The van der Waals surface area contributed by atoms with Gasteiger partial charge in [-0.1, -0.05) is 6.07 Å². The summed E-state index contributed by atoms with van der Waals surface area (Å²) in [7, 11) is 1.93. The maximum absolute atomic E-state index is 12.7. The number of carbonyl (C=O) groups excluding carboxylic acids is 1. The van der Waals surface area contributed by atoms with Crippen molar-refractivity contribution in [3.05, 3.63) is 47.3 Å². The molecule has 25 heavy (non-hydrogen) atoms. The second kappa shape index (κ2) is 7.70. The van der Waals surface area contributed by atoms with E-state index in [4.69, 9.17) is 0 Å². The van der Waals surface area contributed by atoms with Gasteiger partial charge in [0.25, 0.3) is 5.91 Å². The molecule has 0 saturated carbocycles. The summed E-state index contributed by atoms with van der Waals surface area (Å²) in [5.41, 5.74) is 3.91. The van der Waals surface area contributed by atoms with Crippen LogP contribution in [-0.2, 0) is 13.6 Å². The van der Waals surface area contributed by atoms with Crippen LogP contribution in [-0.4, -0.2) is 45.4 Å². The van der Waals surface area contributed by atoms with Crippen molar-refractivity contribution in [2.75, 3.05) is 25.0 Å². The molecule has 1 aliphatic rings. The van der Waals surface area contributed by atoms with Crippen LogP contribution in [0.25, 0.3) is 0 Å². The van der Waals surface area contributed by atoms with E-state index in [9.17, 15) is 9.90 Å². The summed E-state index contributed by atoms with van der Waals surface area (Å²) in [4.78, 5) is 14.6. The molecule has 1 aromatic carbocycles. The summed E-state index contributed by atoms with van der Waals surface area (Å²) >= 11 is 0. The van der Waals surface area contributed by atoms with Gasteiger partial charge in [0.1, 0.15) is 0 Å². The van der Waals surface area contributed by atoms with Gasteiger partial charge in [-0.2, -0.15) is 5.10 Å². The van der Waals surface area contributed by atoms with E-state index in [0.717, 1.165) is 42.9 Å². The summed E-state index contributed by atoms with van der Waals surface area (Å²) in [5.74, 6) is 0.400. The zero-order valence-electron chi connectivity index (χ0n) is 14.9. The molecule has 134 valence electrons. The van der Waals surface area contributed by atoms with Crippen molar-refractivity contribution >= 4 is 11.6 Å². The lowest BCUT2D eigenvalue weighted by Gasteiger charge is -2.31. The van der Waals surface area contributed by atoms with Crippen molar-refractivity contribution in [2.24, 2.45) is 13.0 Å². The van der Waals surface area contributed by atoms with Crippen LogP contribution < -0.4 is 5.32 Å².